The molecule has 1 N–H and O–H groups in total. The summed E-state index contributed by atoms with van der Waals surface area (Å²) in [5.74, 6) is 1.11. The molecule has 0 aliphatic rings. The number of amides is 1. The van der Waals surface area contributed by atoms with Crippen LogP contribution in [0.25, 0.3) is 16.8 Å². The number of hydrogen-bond acceptors (Lipinski definition) is 6. The van der Waals surface area contributed by atoms with Crippen molar-refractivity contribution in [2.75, 3.05) is 0 Å². The van der Waals surface area contributed by atoms with Crippen molar-refractivity contribution in [2.24, 2.45) is 7.05 Å². The first-order chi connectivity index (χ1) is 16.3. The summed E-state index contributed by atoms with van der Waals surface area (Å²) < 4.78 is 9.20. The monoisotopic (exact) mass is 459 g/mol. The topological polar surface area (TPSA) is 99.8 Å². The van der Waals surface area contributed by atoms with Gasteiger partial charge in [-0.3, -0.25) is 4.68 Å². The molecule has 0 fully saturated rings. The van der Waals surface area contributed by atoms with Crippen LogP contribution in [-0.4, -0.2) is 36.1 Å². The average Bonchev–Trinajstić information content (AvgIpc) is 3.37. The van der Waals surface area contributed by atoms with E-state index in [1.807, 2.05) is 82.7 Å². The third kappa shape index (κ3) is 4.68. The molecule has 9 heteroatoms. The van der Waals surface area contributed by atoms with Gasteiger partial charge in [-0.25, -0.2) is 4.79 Å². The van der Waals surface area contributed by atoms with Crippen LogP contribution in [0, 0.1) is 20.8 Å². The van der Waals surface area contributed by atoms with E-state index in [0.717, 1.165) is 33.8 Å². The zero-order valence-electron chi connectivity index (χ0n) is 20.3. The van der Waals surface area contributed by atoms with Crippen molar-refractivity contribution < 1.29 is 9.53 Å². The Bertz CT molecular complexity index is 1320. The molecule has 1 unspecified atom stereocenters. The van der Waals surface area contributed by atoms with Crippen LogP contribution >= 0.6 is 0 Å². The largest absolute Gasteiger partial charge is 0.413 e. The van der Waals surface area contributed by atoms with Crippen LogP contribution in [0.3, 0.4) is 0 Å². The van der Waals surface area contributed by atoms with Crippen LogP contribution in [0.4, 0.5) is 4.79 Å². The SMILES string of the molecule is CCc1nnnn1-c1cc(OC(=O)NC(C)c2c(C)nn(C)c2C)cc(-c2ccc(C)cc2)c1. The summed E-state index contributed by atoms with van der Waals surface area (Å²) in [6.45, 7) is 9.86. The van der Waals surface area contributed by atoms with E-state index in [1.165, 1.54) is 5.56 Å². The van der Waals surface area contributed by atoms with Gasteiger partial charge in [0.1, 0.15) is 5.75 Å². The van der Waals surface area contributed by atoms with E-state index >= 15 is 0 Å². The summed E-state index contributed by atoms with van der Waals surface area (Å²) in [6.07, 6.45) is 0.120. The number of carbonyl (C=O) groups excluding carboxylic acids is 1. The summed E-state index contributed by atoms with van der Waals surface area (Å²) in [4.78, 5) is 12.8. The first-order valence-electron chi connectivity index (χ1n) is 11.2. The fourth-order valence-electron chi connectivity index (χ4n) is 4.11. The number of tetrazole rings is 1. The van der Waals surface area contributed by atoms with Crippen LogP contribution in [0.1, 0.15) is 48.2 Å². The van der Waals surface area contributed by atoms with Gasteiger partial charge in [-0.15, -0.1) is 5.10 Å². The Balaban J connectivity index is 1.65. The molecule has 4 aromatic rings. The maximum atomic E-state index is 12.8. The van der Waals surface area contributed by atoms with Gasteiger partial charge >= 0.3 is 6.09 Å². The van der Waals surface area contributed by atoms with Crippen molar-refractivity contribution in [2.45, 2.75) is 47.1 Å². The number of rotatable bonds is 6. The standard InChI is InChI=1S/C25H29N7O2/c1-7-23-27-29-30-32(23)21-12-20(19-10-8-15(2)9-11-19)13-22(14-21)34-25(33)26-16(3)24-17(4)28-31(6)18(24)5/h8-14,16H,7H2,1-6H3,(H,26,33). The second kappa shape index (κ2) is 9.46. The summed E-state index contributed by atoms with van der Waals surface area (Å²) in [6, 6.07) is 13.5. The number of nitrogens with one attached hydrogen (secondary N) is 1. The molecule has 2 heterocycles. The molecule has 4 rings (SSSR count). The highest BCUT2D eigenvalue weighted by Crippen LogP contribution is 2.29. The third-order valence-electron chi connectivity index (χ3n) is 5.91. The van der Waals surface area contributed by atoms with Crippen LogP contribution in [0.15, 0.2) is 42.5 Å². The molecule has 1 atom stereocenters. The summed E-state index contributed by atoms with van der Waals surface area (Å²) in [5.41, 5.74) is 6.63. The quantitative estimate of drug-likeness (QED) is 0.459. The number of aryl methyl sites for hydroxylation is 4. The Morgan fingerprint density at radius 2 is 1.82 bits per heavy atom. The molecule has 2 aromatic carbocycles. The van der Waals surface area contributed by atoms with E-state index < -0.39 is 6.09 Å². The predicted molar refractivity (Wildman–Crippen MR) is 129 cm³/mol. The van der Waals surface area contributed by atoms with Crippen molar-refractivity contribution in [3.05, 3.63) is 70.8 Å². The van der Waals surface area contributed by atoms with Crippen LogP contribution in [0.2, 0.25) is 0 Å². The van der Waals surface area contributed by atoms with E-state index in [-0.39, 0.29) is 6.04 Å². The van der Waals surface area contributed by atoms with E-state index in [2.05, 4.69) is 25.9 Å². The van der Waals surface area contributed by atoms with Gasteiger partial charge in [0.15, 0.2) is 5.82 Å². The van der Waals surface area contributed by atoms with Crippen molar-refractivity contribution in [3.8, 4) is 22.6 Å². The number of benzene rings is 2. The van der Waals surface area contributed by atoms with Gasteiger partial charge in [-0.1, -0.05) is 36.8 Å². The maximum absolute atomic E-state index is 12.8. The second-order valence-electron chi connectivity index (χ2n) is 8.41. The molecule has 34 heavy (non-hydrogen) atoms. The normalized spacial score (nSPS) is 11.9. The molecule has 0 saturated carbocycles. The van der Waals surface area contributed by atoms with Crippen molar-refractivity contribution in [1.29, 1.82) is 0 Å². The highest BCUT2D eigenvalue weighted by atomic mass is 16.6. The van der Waals surface area contributed by atoms with Crippen molar-refractivity contribution in [1.82, 2.24) is 35.3 Å². The molecular weight excluding hydrogens is 430 g/mol. The van der Waals surface area contributed by atoms with Gasteiger partial charge < -0.3 is 10.1 Å². The van der Waals surface area contributed by atoms with Gasteiger partial charge in [-0.05, 0) is 61.4 Å². The zero-order valence-corrected chi connectivity index (χ0v) is 20.3. The minimum atomic E-state index is -0.547. The van der Waals surface area contributed by atoms with Gasteiger partial charge in [0.05, 0.1) is 17.4 Å². The molecule has 0 bridgehead atoms. The molecular formula is C25H29N7O2. The minimum Gasteiger partial charge on any atom is -0.410 e. The number of carbonyl (C=O) groups is 1. The lowest BCUT2D eigenvalue weighted by molar-refractivity contribution is 0.197. The summed E-state index contributed by atoms with van der Waals surface area (Å²) in [7, 11) is 1.89. The van der Waals surface area contributed by atoms with Gasteiger partial charge in [0.25, 0.3) is 0 Å². The highest BCUT2D eigenvalue weighted by molar-refractivity contribution is 5.74. The van der Waals surface area contributed by atoms with Crippen molar-refractivity contribution >= 4 is 6.09 Å². The smallest absolute Gasteiger partial charge is 0.410 e. The molecule has 9 nitrogen and oxygen atoms in total. The maximum Gasteiger partial charge on any atom is 0.413 e. The Kier molecular flexibility index (Phi) is 6.45. The van der Waals surface area contributed by atoms with Crippen LogP contribution in [-0.2, 0) is 13.5 Å². The lowest BCUT2D eigenvalue weighted by Gasteiger charge is -2.16. The van der Waals surface area contributed by atoms with E-state index in [0.29, 0.717) is 18.0 Å². The first kappa shape index (κ1) is 23.2. The Morgan fingerprint density at radius 1 is 1.09 bits per heavy atom. The number of nitrogens with zero attached hydrogens (tertiary/aromatic N) is 6. The molecule has 0 saturated heterocycles. The van der Waals surface area contributed by atoms with Crippen molar-refractivity contribution in [3.63, 3.8) is 0 Å². The molecule has 0 aliphatic heterocycles. The molecule has 0 aliphatic carbocycles. The van der Waals surface area contributed by atoms with Gasteiger partial charge in [0, 0.05) is 30.8 Å². The molecule has 1 amide bonds. The Labute approximate surface area is 198 Å². The van der Waals surface area contributed by atoms with E-state index in [1.54, 1.807) is 10.7 Å². The predicted octanol–water partition coefficient (Wildman–Crippen LogP) is 4.40. The lowest BCUT2D eigenvalue weighted by atomic mass is 10.0. The molecule has 0 radical (unpaired) electrons. The zero-order chi connectivity index (χ0) is 24.4. The Morgan fingerprint density at radius 3 is 2.47 bits per heavy atom. The molecule has 2 aromatic heterocycles. The summed E-state index contributed by atoms with van der Waals surface area (Å²) >= 11 is 0. The average molecular weight is 460 g/mol. The number of hydrogen-bond donors (Lipinski definition) is 1. The first-order valence-corrected chi connectivity index (χ1v) is 11.2. The minimum absolute atomic E-state index is 0.257. The third-order valence-corrected chi connectivity index (χ3v) is 5.91. The van der Waals surface area contributed by atoms with Gasteiger partial charge in [0.2, 0.25) is 0 Å². The molecule has 0 spiro atoms. The molecule has 176 valence electrons. The fraction of sp³-hybridized carbons (Fsp3) is 0.320. The Hall–Kier alpha value is -4.01. The van der Waals surface area contributed by atoms with Gasteiger partial charge in [-0.2, -0.15) is 9.78 Å². The highest BCUT2D eigenvalue weighted by Gasteiger charge is 2.20. The fourth-order valence-corrected chi connectivity index (χ4v) is 4.11. The van der Waals surface area contributed by atoms with E-state index in [4.69, 9.17) is 4.74 Å². The van der Waals surface area contributed by atoms with Crippen LogP contribution in [0.5, 0.6) is 5.75 Å². The van der Waals surface area contributed by atoms with Crippen LogP contribution < -0.4 is 10.1 Å². The lowest BCUT2D eigenvalue weighted by Crippen LogP contribution is -2.30. The second-order valence-corrected chi connectivity index (χ2v) is 8.41. The number of ether oxygens (including phenoxy) is 1. The van der Waals surface area contributed by atoms with E-state index in [9.17, 15) is 4.79 Å². The number of aromatic nitrogens is 6. The summed E-state index contributed by atoms with van der Waals surface area (Å²) in [5, 5.41) is 19.4.